The van der Waals surface area contributed by atoms with Crippen LogP contribution in [0.15, 0.2) is 30.3 Å². The normalized spacial score (nSPS) is 22.5. The minimum Gasteiger partial charge on any atom is -0.378 e. The maximum atomic E-state index is 12.9. The standard InChI is InChI=1S/C16H19FN2O3/c1-11(12-3-5-13(17)6-4-12)9-14(20)19-8-2-7-16(22,10-19)15(18)21/h3-6,9,22H,2,7-8,10H2,1H3,(H2,18,21)/b11-9+. The van der Waals surface area contributed by atoms with Gasteiger partial charge >= 0.3 is 0 Å². The monoisotopic (exact) mass is 306 g/mol. The van der Waals surface area contributed by atoms with Gasteiger partial charge in [-0.2, -0.15) is 0 Å². The fourth-order valence-electron chi connectivity index (χ4n) is 2.50. The number of carbonyl (C=O) groups is 2. The third kappa shape index (κ3) is 3.51. The number of nitrogens with two attached hydrogens (primary N) is 1. The average Bonchev–Trinajstić information content (AvgIpc) is 2.47. The lowest BCUT2D eigenvalue weighted by Crippen LogP contribution is -2.56. The van der Waals surface area contributed by atoms with Gasteiger partial charge in [0.05, 0.1) is 6.54 Å². The van der Waals surface area contributed by atoms with Gasteiger partial charge in [0.1, 0.15) is 5.82 Å². The minimum atomic E-state index is -1.66. The van der Waals surface area contributed by atoms with Crippen LogP contribution in [0.25, 0.3) is 5.57 Å². The number of primary amides is 1. The number of β-amino-alcohol motifs (C(OH)–C–C–N with tert-alkyl or cyclic N) is 1. The molecule has 2 amide bonds. The molecule has 1 aliphatic heterocycles. The maximum absolute atomic E-state index is 12.9. The second kappa shape index (κ2) is 6.27. The van der Waals surface area contributed by atoms with E-state index in [1.165, 1.54) is 23.1 Å². The van der Waals surface area contributed by atoms with Crippen LogP contribution in [0.1, 0.15) is 25.3 Å². The summed E-state index contributed by atoms with van der Waals surface area (Å²) in [5, 5.41) is 10.1. The molecule has 2 rings (SSSR count). The van der Waals surface area contributed by atoms with Crippen molar-refractivity contribution >= 4 is 17.4 Å². The van der Waals surface area contributed by atoms with Gasteiger partial charge in [0.15, 0.2) is 5.60 Å². The Morgan fingerprint density at radius 3 is 2.59 bits per heavy atom. The van der Waals surface area contributed by atoms with Crippen molar-refractivity contribution in [1.82, 2.24) is 4.90 Å². The van der Waals surface area contributed by atoms with Gasteiger partial charge in [-0.3, -0.25) is 9.59 Å². The summed E-state index contributed by atoms with van der Waals surface area (Å²) in [6.45, 7) is 2.10. The highest BCUT2D eigenvalue weighted by molar-refractivity contribution is 5.95. The first-order chi connectivity index (χ1) is 10.3. The Morgan fingerprint density at radius 2 is 2.00 bits per heavy atom. The molecular weight excluding hydrogens is 287 g/mol. The second-order valence-electron chi connectivity index (χ2n) is 5.59. The van der Waals surface area contributed by atoms with Gasteiger partial charge < -0.3 is 15.7 Å². The number of piperidine rings is 1. The molecule has 1 fully saturated rings. The molecule has 3 N–H and O–H groups in total. The molecule has 1 heterocycles. The van der Waals surface area contributed by atoms with E-state index in [-0.39, 0.29) is 24.7 Å². The first-order valence-corrected chi connectivity index (χ1v) is 7.07. The number of benzene rings is 1. The molecule has 1 unspecified atom stereocenters. The molecule has 6 heteroatoms. The molecule has 1 aromatic rings. The molecule has 1 aromatic carbocycles. The van der Waals surface area contributed by atoms with Crippen molar-refractivity contribution in [2.75, 3.05) is 13.1 Å². The minimum absolute atomic E-state index is 0.103. The molecule has 1 aliphatic rings. The summed E-state index contributed by atoms with van der Waals surface area (Å²) in [6.07, 6.45) is 2.18. The van der Waals surface area contributed by atoms with Crippen LogP contribution >= 0.6 is 0 Å². The van der Waals surface area contributed by atoms with Crippen molar-refractivity contribution in [3.8, 4) is 0 Å². The summed E-state index contributed by atoms with van der Waals surface area (Å²) >= 11 is 0. The Kier molecular flexibility index (Phi) is 4.61. The molecule has 0 saturated carbocycles. The Hall–Kier alpha value is -2.21. The van der Waals surface area contributed by atoms with E-state index < -0.39 is 11.5 Å². The van der Waals surface area contributed by atoms with Crippen molar-refractivity contribution in [2.24, 2.45) is 5.73 Å². The zero-order valence-corrected chi connectivity index (χ0v) is 12.4. The Bertz CT molecular complexity index is 612. The molecule has 5 nitrogen and oxygen atoms in total. The van der Waals surface area contributed by atoms with Gasteiger partial charge in [0.2, 0.25) is 5.91 Å². The van der Waals surface area contributed by atoms with E-state index in [0.717, 1.165) is 5.56 Å². The molecule has 0 bridgehead atoms. The largest absolute Gasteiger partial charge is 0.378 e. The summed E-state index contributed by atoms with van der Waals surface area (Å²) in [5.74, 6) is -1.46. The highest BCUT2D eigenvalue weighted by Gasteiger charge is 2.39. The lowest BCUT2D eigenvalue weighted by atomic mass is 9.92. The van der Waals surface area contributed by atoms with E-state index in [1.54, 1.807) is 19.1 Å². The van der Waals surface area contributed by atoms with Gasteiger partial charge in [-0.15, -0.1) is 0 Å². The Labute approximate surface area is 128 Å². The summed E-state index contributed by atoms with van der Waals surface area (Å²) in [4.78, 5) is 25.0. The number of rotatable bonds is 3. The predicted octanol–water partition coefficient (Wildman–Crippen LogP) is 1.07. The van der Waals surface area contributed by atoms with Crippen LogP contribution in [0.2, 0.25) is 0 Å². The van der Waals surface area contributed by atoms with Crippen molar-refractivity contribution in [2.45, 2.75) is 25.4 Å². The van der Waals surface area contributed by atoms with E-state index in [2.05, 4.69) is 0 Å². The maximum Gasteiger partial charge on any atom is 0.251 e. The first-order valence-electron chi connectivity index (χ1n) is 7.07. The molecule has 1 saturated heterocycles. The number of carbonyl (C=O) groups excluding carboxylic acids is 2. The van der Waals surface area contributed by atoms with Gasteiger partial charge in [0.25, 0.3) is 5.91 Å². The summed E-state index contributed by atoms with van der Waals surface area (Å²) < 4.78 is 12.9. The van der Waals surface area contributed by atoms with Crippen LogP contribution < -0.4 is 5.73 Å². The Morgan fingerprint density at radius 1 is 1.36 bits per heavy atom. The van der Waals surface area contributed by atoms with E-state index >= 15 is 0 Å². The van der Waals surface area contributed by atoms with E-state index in [4.69, 9.17) is 5.73 Å². The summed E-state index contributed by atoms with van der Waals surface area (Å²) in [5.41, 5.74) is 4.94. The zero-order valence-electron chi connectivity index (χ0n) is 12.4. The van der Waals surface area contributed by atoms with Crippen LogP contribution in [-0.4, -0.2) is 40.5 Å². The number of amides is 2. The van der Waals surface area contributed by atoms with E-state index in [0.29, 0.717) is 18.5 Å². The van der Waals surface area contributed by atoms with E-state index in [1.807, 2.05) is 0 Å². The highest BCUT2D eigenvalue weighted by Crippen LogP contribution is 2.22. The van der Waals surface area contributed by atoms with Crippen LogP contribution in [0.3, 0.4) is 0 Å². The predicted molar refractivity (Wildman–Crippen MR) is 80.0 cm³/mol. The molecule has 0 aromatic heterocycles. The topological polar surface area (TPSA) is 83.6 Å². The number of aliphatic hydroxyl groups is 1. The van der Waals surface area contributed by atoms with Crippen molar-refractivity contribution in [1.29, 1.82) is 0 Å². The summed E-state index contributed by atoms with van der Waals surface area (Å²) in [7, 11) is 0. The smallest absolute Gasteiger partial charge is 0.251 e. The Balaban J connectivity index is 2.12. The number of allylic oxidation sites excluding steroid dienone is 1. The lowest BCUT2D eigenvalue weighted by Gasteiger charge is -2.36. The quantitative estimate of drug-likeness (QED) is 0.819. The summed E-state index contributed by atoms with van der Waals surface area (Å²) in [6, 6.07) is 5.82. The van der Waals surface area contributed by atoms with Gasteiger partial charge in [-0.1, -0.05) is 12.1 Å². The third-order valence-corrected chi connectivity index (χ3v) is 3.88. The molecule has 22 heavy (non-hydrogen) atoms. The number of hydrogen-bond donors (Lipinski definition) is 2. The van der Waals surface area contributed by atoms with Crippen LogP contribution in [0, 0.1) is 5.82 Å². The van der Waals surface area contributed by atoms with Gasteiger partial charge in [0, 0.05) is 12.6 Å². The number of halogens is 1. The number of hydrogen-bond acceptors (Lipinski definition) is 3. The number of nitrogens with zero attached hydrogens (tertiary/aromatic N) is 1. The fraction of sp³-hybridized carbons (Fsp3) is 0.375. The molecule has 0 aliphatic carbocycles. The van der Waals surface area contributed by atoms with Crippen LogP contribution in [-0.2, 0) is 9.59 Å². The average molecular weight is 306 g/mol. The van der Waals surface area contributed by atoms with Gasteiger partial charge in [-0.25, -0.2) is 4.39 Å². The SMILES string of the molecule is C/C(=C\C(=O)N1CCCC(O)(C(N)=O)C1)c1ccc(F)cc1. The molecule has 118 valence electrons. The fourth-order valence-corrected chi connectivity index (χ4v) is 2.50. The molecule has 0 spiro atoms. The lowest BCUT2D eigenvalue weighted by molar-refractivity contribution is -0.146. The van der Waals surface area contributed by atoms with Crippen LogP contribution in [0.4, 0.5) is 4.39 Å². The molecule has 1 atom stereocenters. The third-order valence-electron chi connectivity index (χ3n) is 3.88. The van der Waals surface area contributed by atoms with Gasteiger partial charge in [-0.05, 0) is 43.0 Å². The van der Waals surface area contributed by atoms with Crippen molar-refractivity contribution in [3.05, 3.63) is 41.7 Å². The number of likely N-dealkylation sites (tertiary alicyclic amines) is 1. The zero-order chi connectivity index (χ0) is 16.3. The molecular formula is C16H19FN2O3. The van der Waals surface area contributed by atoms with Crippen molar-refractivity contribution in [3.63, 3.8) is 0 Å². The first kappa shape index (κ1) is 16.2. The van der Waals surface area contributed by atoms with E-state index in [9.17, 15) is 19.1 Å². The second-order valence-corrected chi connectivity index (χ2v) is 5.59. The van der Waals surface area contributed by atoms with Crippen LogP contribution in [0.5, 0.6) is 0 Å². The van der Waals surface area contributed by atoms with Crippen molar-refractivity contribution < 1.29 is 19.1 Å². The molecule has 0 radical (unpaired) electrons. The highest BCUT2D eigenvalue weighted by atomic mass is 19.1.